The monoisotopic (exact) mass is 288 g/mol. The van der Waals surface area contributed by atoms with Crippen LogP contribution in [-0.4, -0.2) is 43.6 Å². The fourth-order valence-corrected chi connectivity index (χ4v) is 4.48. The van der Waals surface area contributed by atoms with E-state index in [1.807, 2.05) is 20.8 Å². The normalized spacial score (nSPS) is 11.9. The average molecular weight is 288 g/mol. The van der Waals surface area contributed by atoms with Gasteiger partial charge in [0.2, 0.25) is 0 Å². The Morgan fingerprint density at radius 2 is 1.74 bits per heavy atom. The van der Waals surface area contributed by atoms with Gasteiger partial charge in [-0.15, -0.1) is 5.10 Å². The third-order valence-electron chi connectivity index (χ3n) is 2.59. The van der Waals surface area contributed by atoms with Crippen LogP contribution in [0.15, 0.2) is 6.20 Å². The van der Waals surface area contributed by atoms with Crippen molar-refractivity contribution in [1.82, 2.24) is 15.0 Å². The van der Waals surface area contributed by atoms with Crippen LogP contribution in [0.2, 0.25) is 6.04 Å². The smallest absolute Gasteiger partial charge is 0.383 e. The molecule has 19 heavy (non-hydrogen) atoms. The summed E-state index contributed by atoms with van der Waals surface area (Å²) in [6, 6.07) is 0.752. The number of hydrogen-bond acceptors (Lipinski definition) is 6. The number of aromatic nitrogens is 3. The Balaban J connectivity index is 2.53. The lowest BCUT2D eigenvalue weighted by Crippen LogP contribution is -2.46. The second kappa shape index (κ2) is 8.26. The standard InChI is InChI=1S/C11H24N4O3Si/c1-4-16-19(17-5-2,18-6-3)9-7-8-15-11(12)10-13-14-15/h10H,4-9,12H2,1-3H3. The maximum Gasteiger partial charge on any atom is 0.500 e. The number of hydrogen-bond donors (Lipinski definition) is 1. The summed E-state index contributed by atoms with van der Waals surface area (Å²) in [5, 5.41) is 7.66. The Hall–Kier alpha value is -0.963. The van der Waals surface area contributed by atoms with Gasteiger partial charge in [-0.05, 0) is 27.2 Å². The number of nitrogens with zero attached hydrogens (tertiary/aromatic N) is 3. The highest BCUT2D eigenvalue weighted by Gasteiger charge is 2.39. The summed E-state index contributed by atoms with van der Waals surface area (Å²) < 4.78 is 19.0. The number of rotatable bonds is 10. The van der Waals surface area contributed by atoms with Crippen molar-refractivity contribution in [3.8, 4) is 0 Å². The maximum atomic E-state index is 5.78. The summed E-state index contributed by atoms with van der Waals surface area (Å²) in [5.41, 5.74) is 5.72. The highest BCUT2D eigenvalue weighted by Crippen LogP contribution is 2.19. The molecule has 1 aromatic heterocycles. The van der Waals surface area contributed by atoms with E-state index in [1.54, 1.807) is 4.68 Å². The van der Waals surface area contributed by atoms with Gasteiger partial charge in [-0.3, -0.25) is 0 Å². The fraction of sp³-hybridized carbons (Fsp3) is 0.818. The Kier molecular flexibility index (Phi) is 6.99. The first-order valence-electron chi connectivity index (χ1n) is 6.73. The fourth-order valence-electron chi connectivity index (χ4n) is 1.89. The molecule has 0 fully saturated rings. The minimum absolute atomic E-state index is 0.566. The third-order valence-corrected chi connectivity index (χ3v) is 5.74. The van der Waals surface area contributed by atoms with Gasteiger partial charge in [-0.1, -0.05) is 5.21 Å². The molecule has 0 spiro atoms. The lowest BCUT2D eigenvalue weighted by Gasteiger charge is -2.28. The summed E-state index contributed by atoms with van der Waals surface area (Å²) in [6.45, 7) is 8.33. The van der Waals surface area contributed by atoms with Crippen molar-refractivity contribution in [3.05, 3.63) is 6.20 Å². The molecule has 0 saturated heterocycles. The van der Waals surface area contributed by atoms with E-state index in [0.29, 0.717) is 32.2 Å². The van der Waals surface area contributed by atoms with Crippen LogP contribution < -0.4 is 5.73 Å². The van der Waals surface area contributed by atoms with Crippen LogP contribution in [-0.2, 0) is 19.8 Å². The molecule has 0 bridgehead atoms. The summed E-state index contributed by atoms with van der Waals surface area (Å²) in [6.07, 6.45) is 2.37. The van der Waals surface area contributed by atoms with Crippen LogP contribution in [0.25, 0.3) is 0 Å². The molecule has 0 aliphatic heterocycles. The van der Waals surface area contributed by atoms with Gasteiger partial charge in [-0.2, -0.15) is 0 Å². The van der Waals surface area contributed by atoms with Crippen molar-refractivity contribution in [2.24, 2.45) is 0 Å². The van der Waals surface area contributed by atoms with Crippen LogP contribution >= 0.6 is 0 Å². The molecular formula is C11H24N4O3Si. The summed E-state index contributed by atoms with van der Waals surface area (Å²) in [4.78, 5) is 0. The highest BCUT2D eigenvalue weighted by atomic mass is 28.4. The first-order valence-corrected chi connectivity index (χ1v) is 8.66. The SMILES string of the molecule is CCO[Si](CCCn1nncc1N)(OCC)OCC. The van der Waals surface area contributed by atoms with Crippen LogP contribution in [0.4, 0.5) is 5.82 Å². The van der Waals surface area contributed by atoms with Crippen LogP contribution in [0.5, 0.6) is 0 Å². The van der Waals surface area contributed by atoms with E-state index in [9.17, 15) is 0 Å². The zero-order valence-corrected chi connectivity index (χ0v) is 13.0. The zero-order chi connectivity index (χ0) is 14.1. The van der Waals surface area contributed by atoms with Crippen LogP contribution in [0.3, 0.4) is 0 Å². The summed E-state index contributed by atoms with van der Waals surface area (Å²) in [7, 11) is -2.55. The molecule has 0 atom stereocenters. The molecule has 0 amide bonds. The van der Waals surface area contributed by atoms with E-state index < -0.39 is 8.80 Å². The molecule has 8 heteroatoms. The molecule has 7 nitrogen and oxygen atoms in total. The Bertz CT molecular complexity index is 344. The first kappa shape index (κ1) is 16.1. The largest absolute Gasteiger partial charge is 0.500 e. The lowest BCUT2D eigenvalue weighted by molar-refractivity contribution is 0.0704. The van der Waals surface area contributed by atoms with Crippen LogP contribution in [0, 0.1) is 0 Å². The second-order valence-corrected chi connectivity index (χ2v) is 6.70. The number of nitrogen functional groups attached to an aromatic ring is 1. The first-order chi connectivity index (χ1) is 9.17. The number of aryl methyl sites for hydroxylation is 1. The molecule has 1 rings (SSSR count). The zero-order valence-electron chi connectivity index (χ0n) is 12.0. The molecule has 0 aliphatic carbocycles. The van der Waals surface area contributed by atoms with Gasteiger partial charge in [0.25, 0.3) is 0 Å². The molecule has 2 N–H and O–H groups in total. The number of nitrogens with two attached hydrogens (primary N) is 1. The second-order valence-electron chi connectivity index (χ2n) is 3.97. The highest BCUT2D eigenvalue weighted by molar-refractivity contribution is 6.60. The molecule has 0 radical (unpaired) electrons. The predicted molar refractivity (Wildman–Crippen MR) is 74.5 cm³/mol. The quantitative estimate of drug-likeness (QED) is 0.653. The van der Waals surface area contributed by atoms with Crippen molar-refractivity contribution in [1.29, 1.82) is 0 Å². The number of anilines is 1. The van der Waals surface area contributed by atoms with Gasteiger partial charge in [0.15, 0.2) is 0 Å². The molecule has 0 aromatic carbocycles. The Morgan fingerprint density at radius 1 is 1.16 bits per heavy atom. The Morgan fingerprint density at radius 3 is 2.16 bits per heavy atom. The van der Waals surface area contributed by atoms with Gasteiger partial charge in [0.05, 0.1) is 6.20 Å². The predicted octanol–water partition coefficient (Wildman–Crippen LogP) is 1.30. The van der Waals surface area contributed by atoms with Gasteiger partial charge >= 0.3 is 8.80 Å². The van der Waals surface area contributed by atoms with Crippen molar-refractivity contribution >= 4 is 14.6 Å². The molecule has 1 aromatic rings. The van der Waals surface area contributed by atoms with E-state index in [1.165, 1.54) is 6.20 Å². The minimum atomic E-state index is -2.55. The molecule has 0 unspecified atom stereocenters. The summed E-state index contributed by atoms with van der Waals surface area (Å²) in [5.74, 6) is 0.566. The average Bonchev–Trinajstić information content (AvgIpc) is 2.76. The van der Waals surface area contributed by atoms with Crippen molar-refractivity contribution in [3.63, 3.8) is 0 Å². The van der Waals surface area contributed by atoms with E-state index in [-0.39, 0.29) is 0 Å². The van der Waals surface area contributed by atoms with Crippen molar-refractivity contribution < 1.29 is 13.3 Å². The van der Waals surface area contributed by atoms with Gasteiger partial charge in [0.1, 0.15) is 5.82 Å². The van der Waals surface area contributed by atoms with E-state index in [4.69, 9.17) is 19.0 Å². The van der Waals surface area contributed by atoms with Gasteiger partial charge in [0, 0.05) is 32.4 Å². The molecule has 110 valence electrons. The summed E-state index contributed by atoms with van der Waals surface area (Å²) >= 11 is 0. The van der Waals surface area contributed by atoms with E-state index >= 15 is 0 Å². The minimum Gasteiger partial charge on any atom is -0.383 e. The van der Waals surface area contributed by atoms with Crippen molar-refractivity contribution in [2.75, 3.05) is 25.6 Å². The Labute approximate surface area is 115 Å². The van der Waals surface area contributed by atoms with E-state index in [2.05, 4.69) is 10.3 Å². The molecule has 0 saturated carbocycles. The molecular weight excluding hydrogens is 264 g/mol. The van der Waals surface area contributed by atoms with Gasteiger partial charge in [-0.25, -0.2) is 4.68 Å². The maximum absolute atomic E-state index is 5.78. The third kappa shape index (κ3) is 4.90. The van der Waals surface area contributed by atoms with Crippen LogP contribution in [0.1, 0.15) is 27.2 Å². The van der Waals surface area contributed by atoms with E-state index in [0.717, 1.165) is 12.5 Å². The lowest BCUT2D eigenvalue weighted by atomic mass is 10.5. The molecule has 1 heterocycles. The molecule has 0 aliphatic rings. The van der Waals surface area contributed by atoms with Gasteiger partial charge < -0.3 is 19.0 Å². The van der Waals surface area contributed by atoms with Crippen molar-refractivity contribution in [2.45, 2.75) is 39.8 Å². The topological polar surface area (TPSA) is 84.4 Å².